The fraction of sp³-hybridized carbons (Fsp3) is 0.417. The Balaban J connectivity index is 2.09. The minimum Gasteiger partial charge on any atom is -0.348 e. The van der Waals surface area contributed by atoms with Crippen molar-refractivity contribution in [2.24, 2.45) is 0 Å². The molecule has 0 aliphatic heterocycles. The summed E-state index contributed by atoms with van der Waals surface area (Å²) in [6.45, 7) is 0.361. The predicted molar refractivity (Wildman–Crippen MR) is 64.6 cm³/mol. The molecule has 3 nitrogen and oxygen atoms in total. The molecule has 0 fully saturated rings. The molecule has 1 atom stereocenters. The van der Waals surface area contributed by atoms with Crippen molar-refractivity contribution in [3.8, 4) is 0 Å². The van der Waals surface area contributed by atoms with Gasteiger partial charge in [0, 0.05) is 5.02 Å². The summed E-state index contributed by atoms with van der Waals surface area (Å²) in [4.78, 5) is 11.5. The summed E-state index contributed by atoms with van der Waals surface area (Å²) >= 11 is 5.93. The van der Waals surface area contributed by atoms with E-state index in [1.165, 1.54) is 11.1 Å². The molecule has 1 unspecified atom stereocenters. The summed E-state index contributed by atoms with van der Waals surface area (Å²) in [6, 6.07) is 6.02. The van der Waals surface area contributed by atoms with E-state index < -0.39 is 0 Å². The lowest BCUT2D eigenvalue weighted by Crippen LogP contribution is -2.34. The van der Waals surface area contributed by atoms with Crippen molar-refractivity contribution in [2.75, 3.05) is 13.6 Å². The number of carbonyl (C=O) groups is 1. The third-order valence-corrected chi connectivity index (χ3v) is 3.09. The van der Waals surface area contributed by atoms with Crippen molar-refractivity contribution in [3.63, 3.8) is 0 Å². The number of halogens is 1. The van der Waals surface area contributed by atoms with E-state index in [4.69, 9.17) is 11.6 Å². The Bertz CT molecular complexity index is 406. The van der Waals surface area contributed by atoms with E-state index in [0.29, 0.717) is 6.54 Å². The number of aryl methyl sites for hydroxylation is 1. The van der Waals surface area contributed by atoms with Crippen LogP contribution in [0.1, 0.15) is 23.6 Å². The van der Waals surface area contributed by atoms with Crippen LogP contribution in [-0.4, -0.2) is 19.5 Å². The number of amides is 1. The quantitative estimate of drug-likeness (QED) is 0.841. The van der Waals surface area contributed by atoms with Gasteiger partial charge >= 0.3 is 0 Å². The molecule has 1 aromatic rings. The minimum atomic E-state index is 0.0373. The molecule has 4 heteroatoms. The summed E-state index contributed by atoms with van der Waals surface area (Å²) in [5.41, 5.74) is 2.45. The first kappa shape index (κ1) is 11.4. The first-order valence-corrected chi connectivity index (χ1v) is 5.81. The number of rotatable bonds is 3. The molecule has 1 amide bonds. The van der Waals surface area contributed by atoms with Crippen LogP contribution in [-0.2, 0) is 11.2 Å². The van der Waals surface area contributed by atoms with Gasteiger partial charge in [0.2, 0.25) is 5.91 Å². The van der Waals surface area contributed by atoms with E-state index >= 15 is 0 Å². The van der Waals surface area contributed by atoms with Gasteiger partial charge in [0.05, 0.1) is 12.6 Å². The minimum absolute atomic E-state index is 0.0373. The molecule has 1 aromatic carbocycles. The highest BCUT2D eigenvalue weighted by molar-refractivity contribution is 6.30. The van der Waals surface area contributed by atoms with Crippen molar-refractivity contribution in [2.45, 2.75) is 18.9 Å². The number of hydrogen-bond acceptors (Lipinski definition) is 2. The first-order valence-electron chi connectivity index (χ1n) is 5.43. The third-order valence-electron chi connectivity index (χ3n) is 2.86. The normalized spacial score (nSPS) is 18.2. The van der Waals surface area contributed by atoms with Crippen molar-refractivity contribution >= 4 is 17.5 Å². The topological polar surface area (TPSA) is 41.1 Å². The lowest BCUT2D eigenvalue weighted by Gasteiger charge is -2.13. The van der Waals surface area contributed by atoms with Gasteiger partial charge in [-0.1, -0.05) is 17.7 Å². The zero-order valence-corrected chi connectivity index (χ0v) is 9.97. The molecule has 86 valence electrons. The predicted octanol–water partition coefficient (Wildman–Crippen LogP) is 1.66. The van der Waals surface area contributed by atoms with Gasteiger partial charge in [-0.3, -0.25) is 4.79 Å². The van der Waals surface area contributed by atoms with Gasteiger partial charge in [-0.2, -0.15) is 0 Å². The molecule has 0 aromatic heterocycles. The molecule has 1 aliphatic rings. The SMILES string of the molecule is CNCC(=O)NC1CCc2cc(Cl)ccc21. The molecular weight excluding hydrogens is 224 g/mol. The van der Waals surface area contributed by atoms with Gasteiger partial charge in [0.15, 0.2) is 0 Å². The molecule has 0 spiro atoms. The van der Waals surface area contributed by atoms with Crippen LogP contribution in [0.25, 0.3) is 0 Å². The van der Waals surface area contributed by atoms with Gasteiger partial charge in [0.25, 0.3) is 0 Å². The second kappa shape index (κ2) is 4.85. The van der Waals surface area contributed by atoms with Gasteiger partial charge in [-0.25, -0.2) is 0 Å². The van der Waals surface area contributed by atoms with Crippen LogP contribution in [0, 0.1) is 0 Å². The molecule has 1 aliphatic carbocycles. The Labute approximate surface area is 100 Å². The standard InChI is InChI=1S/C12H15ClN2O/c1-14-7-12(16)15-11-5-2-8-6-9(13)3-4-10(8)11/h3-4,6,11,14H,2,5,7H2,1H3,(H,15,16). The lowest BCUT2D eigenvalue weighted by molar-refractivity contribution is -0.120. The molecule has 0 bridgehead atoms. The van der Waals surface area contributed by atoms with Crippen LogP contribution in [0.15, 0.2) is 18.2 Å². The van der Waals surface area contributed by atoms with E-state index in [-0.39, 0.29) is 11.9 Å². The van der Waals surface area contributed by atoms with Gasteiger partial charge in [-0.15, -0.1) is 0 Å². The Morgan fingerprint density at radius 3 is 3.12 bits per heavy atom. The van der Waals surface area contributed by atoms with E-state index in [2.05, 4.69) is 10.6 Å². The third kappa shape index (κ3) is 2.36. The number of fused-ring (bicyclic) bond motifs is 1. The zero-order valence-electron chi connectivity index (χ0n) is 9.22. The molecule has 0 radical (unpaired) electrons. The van der Waals surface area contributed by atoms with Crippen LogP contribution < -0.4 is 10.6 Å². The van der Waals surface area contributed by atoms with E-state index in [1.807, 2.05) is 18.2 Å². The van der Waals surface area contributed by atoms with Crippen LogP contribution in [0.4, 0.5) is 0 Å². The highest BCUT2D eigenvalue weighted by Crippen LogP contribution is 2.32. The van der Waals surface area contributed by atoms with Gasteiger partial charge in [0.1, 0.15) is 0 Å². The molecule has 0 heterocycles. The smallest absolute Gasteiger partial charge is 0.234 e. The van der Waals surface area contributed by atoms with Crippen molar-refractivity contribution in [1.82, 2.24) is 10.6 Å². The van der Waals surface area contributed by atoms with Crippen LogP contribution in [0.3, 0.4) is 0 Å². The summed E-state index contributed by atoms with van der Waals surface area (Å²) in [6.07, 6.45) is 1.95. The number of hydrogen-bond donors (Lipinski definition) is 2. The van der Waals surface area contributed by atoms with E-state index in [1.54, 1.807) is 7.05 Å². The molecule has 2 N–H and O–H groups in total. The van der Waals surface area contributed by atoms with Crippen LogP contribution in [0.5, 0.6) is 0 Å². The second-order valence-corrected chi connectivity index (χ2v) is 4.47. The Kier molecular flexibility index (Phi) is 3.46. The maximum absolute atomic E-state index is 11.5. The second-order valence-electron chi connectivity index (χ2n) is 4.03. The molecule has 16 heavy (non-hydrogen) atoms. The van der Waals surface area contributed by atoms with E-state index in [0.717, 1.165) is 17.9 Å². The van der Waals surface area contributed by atoms with Crippen molar-refractivity contribution < 1.29 is 4.79 Å². The average Bonchev–Trinajstić information content (AvgIpc) is 2.61. The van der Waals surface area contributed by atoms with E-state index in [9.17, 15) is 4.79 Å². The number of nitrogens with one attached hydrogen (secondary N) is 2. The maximum atomic E-state index is 11.5. The highest BCUT2D eigenvalue weighted by atomic mass is 35.5. The molecular formula is C12H15ClN2O. The van der Waals surface area contributed by atoms with Crippen molar-refractivity contribution in [1.29, 1.82) is 0 Å². The Morgan fingerprint density at radius 1 is 1.56 bits per heavy atom. The summed E-state index contributed by atoms with van der Waals surface area (Å²) < 4.78 is 0. The average molecular weight is 239 g/mol. The van der Waals surface area contributed by atoms with Crippen molar-refractivity contribution in [3.05, 3.63) is 34.3 Å². The summed E-state index contributed by atoms with van der Waals surface area (Å²) in [7, 11) is 1.77. The highest BCUT2D eigenvalue weighted by Gasteiger charge is 2.23. The fourth-order valence-corrected chi connectivity index (χ4v) is 2.34. The Hall–Kier alpha value is -1.06. The summed E-state index contributed by atoms with van der Waals surface area (Å²) in [5, 5.41) is 6.62. The largest absolute Gasteiger partial charge is 0.348 e. The zero-order chi connectivity index (χ0) is 11.5. The number of benzene rings is 1. The number of likely N-dealkylation sites (N-methyl/N-ethyl adjacent to an activating group) is 1. The fourth-order valence-electron chi connectivity index (χ4n) is 2.14. The molecule has 0 saturated heterocycles. The Morgan fingerprint density at radius 2 is 2.38 bits per heavy atom. The maximum Gasteiger partial charge on any atom is 0.234 e. The monoisotopic (exact) mass is 238 g/mol. The lowest BCUT2D eigenvalue weighted by atomic mass is 10.1. The van der Waals surface area contributed by atoms with Gasteiger partial charge in [-0.05, 0) is 43.1 Å². The number of carbonyl (C=O) groups excluding carboxylic acids is 1. The first-order chi connectivity index (χ1) is 7.70. The molecule has 0 saturated carbocycles. The molecule has 2 rings (SSSR count). The van der Waals surface area contributed by atoms with Gasteiger partial charge < -0.3 is 10.6 Å². The van der Waals surface area contributed by atoms with Crippen LogP contribution in [0.2, 0.25) is 5.02 Å². The van der Waals surface area contributed by atoms with Crippen LogP contribution >= 0.6 is 11.6 Å². The summed E-state index contributed by atoms with van der Waals surface area (Å²) in [5.74, 6) is 0.0373.